The van der Waals surface area contributed by atoms with Gasteiger partial charge in [-0.1, -0.05) is 0 Å². The number of nitrogens with one attached hydrogen (secondary N) is 1. The Bertz CT molecular complexity index is 155. The molecule has 0 fully saturated rings. The largest absolute Gasteiger partial charge is 0.383 e. The highest BCUT2D eigenvalue weighted by Gasteiger charge is 2.17. The Morgan fingerprint density at radius 1 is 1.69 bits per heavy atom. The van der Waals surface area contributed by atoms with Crippen LogP contribution in [0.2, 0.25) is 0 Å². The van der Waals surface area contributed by atoms with E-state index in [0.717, 1.165) is 0 Å². The van der Waals surface area contributed by atoms with Gasteiger partial charge in [-0.15, -0.1) is 11.8 Å². The highest BCUT2D eigenvalue weighted by atomic mass is 32.2. The predicted octanol–water partition coefficient (Wildman–Crippen LogP) is -0.928. The number of carbonyl (C=O) groups is 1. The van der Waals surface area contributed by atoms with Gasteiger partial charge in [0, 0.05) is 18.9 Å². The molecule has 0 aliphatic rings. The summed E-state index contributed by atoms with van der Waals surface area (Å²) in [7, 11) is 1.54. The van der Waals surface area contributed by atoms with E-state index in [1.54, 1.807) is 7.11 Å². The van der Waals surface area contributed by atoms with Crippen LogP contribution in [-0.2, 0) is 9.53 Å². The number of hydrogen-bond acceptors (Lipinski definition) is 5. The van der Waals surface area contributed by atoms with Gasteiger partial charge in [0.2, 0.25) is 5.91 Å². The van der Waals surface area contributed by atoms with E-state index in [-0.39, 0.29) is 17.2 Å². The number of amides is 1. The molecule has 6 heteroatoms. The summed E-state index contributed by atoms with van der Waals surface area (Å²) in [6, 6.07) is 0.0648. The molecule has 2 unspecified atom stereocenters. The summed E-state index contributed by atoms with van der Waals surface area (Å²) in [5, 5.41) is -0.277. The average Bonchev–Trinajstić information content (AvgIpc) is 2.10. The third kappa shape index (κ3) is 5.87. The third-order valence-corrected chi connectivity index (χ3v) is 2.78. The van der Waals surface area contributed by atoms with Crippen molar-refractivity contribution in [2.75, 3.05) is 19.5 Å². The maximum absolute atomic E-state index is 11.1. The molecule has 78 valence electrons. The van der Waals surface area contributed by atoms with Crippen molar-refractivity contribution in [1.82, 2.24) is 5.43 Å². The number of rotatable bonds is 6. The molecule has 0 aliphatic carbocycles. The SMILES string of the molecule is COCC(SCC(C)N)C(=O)NN. The maximum Gasteiger partial charge on any atom is 0.249 e. The number of carbonyl (C=O) groups excluding carboxylic acids is 1. The fourth-order valence-corrected chi connectivity index (χ4v) is 1.70. The fourth-order valence-electron chi connectivity index (χ4n) is 0.712. The van der Waals surface area contributed by atoms with Gasteiger partial charge in [-0.25, -0.2) is 5.84 Å². The van der Waals surface area contributed by atoms with Crippen LogP contribution >= 0.6 is 11.8 Å². The molecule has 0 aromatic heterocycles. The van der Waals surface area contributed by atoms with Crippen LogP contribution in [-0.4, -0.2) is 36.7 Å². The van der Waals surface area contributed by atoms with E-state index in [9.17, 15) is 4.79 Å². The summed E-state index contributed by atoms with van der Waals surface area (Å²) in [4.78, 5) is 11.1. The van der Waals surface area contributed by atoms with Crippen molar-refractivity contribution >= 4 is 17.7 Å². The zero-order valence-electron chi connectivity index (χ0n) is 7.95. The molecule has 0 aromatic carbocycles. The zero-order chi connectivity index (χ0) is 10.3. The van der Waals surface area contributed by atoms with Gasteiger partial charge in [0.05, 0.1) is 6.61 Å². The Labute approximate surface area is 82.5 Å². The first-order chi connectivity index (χ1) is 6.11. The van der Waals surface area contributed by atoms with Crippen LogP contribution in [0.1, 0.15) is 6.92 Å². The summed E-state index contributed by atoms with van der Waals surface area (Å²) in [5.41, 5.74) is 7.65. The number of methoxy groups -OCH3 is 1. The van der Waals surface area contributed by atoms with Gasteiger partial charge >= 0.3 is 0 Å². The van der Waals surface area contributed by atoms with Gasteiger partial charge in [0.15, 0.2) is 0 Å². The normalized spacial score (nSPS) is 15.1. The molecule has 0 saturated heterocycles. The van der Waals surface area contributed by atoms with Crippen LogP contribution in [0.15, 0.2) is 0 Å². The van der Waals surface area contributed by atoms with Crippen molar-refractivity contribution in [2.45, 2.75) is 18.2 Å². The number of hydrogen-bond donors (Lipinski definition) is 3. The number of nitrogens with two attached hydrogens (primary N) is 2. The quantitative estimate of drug-likeness (QED) is 0.297. The van der Waals surface area contributed by atoms with E-state index >= 15 is 0 Å². The molecular weight excluding hydrogens is 190 g/mol. The van der Waals surface area contributed by atoms with Gasteiger partial charge in [-0.05, 0) is 6.92 Å². The summed E-state index contributed by atoms with van der Waals surface area (Å²) in [5.74, 6) is 5.49. The van der Waals surface area contributed by atoms with Crippen LogP contribution < -0.4 is 17.0 Å². The molecule has 0 aromatic rings. The number of thioether (sulfide) groups is 1. The minimum atomic E-state index is -0.277. The number of ether oxygens (including phenoxy) is 1. The van der Waals surface area contributed by atoms with Crippen LogP contribution in [0, 0.1) is 0 Å². The average molecular weight is 207 g/mol. The van der Waals surface area contributed by atoms with Crippen molar-refractivity contribution in [1.29, 1.82) is 0 Å². The van der Waals surface area contributed by atoms with Crippen LogP contribution in [0.4, 0.5) is 0 Å². The molecule has 0 saturated carbocycles. The number of hydrazine groups is 1. The van der Waals surface area contributed by atoms with Crippen molar-refractivity contribution in [3.05, 3.63) is 0 Å². The Balaban J connectivity index is 3.86. The second-order valence-electron chi connectivity index (χ2n) is 2.76. The smallest absolute Gasteiger partial charge is 0.249 e. The van der Waals surface area contributed by atoms with E-state index in [4.69, 9.17) is 16.3 Å². The Kier molecular flexibility index (Phi) is 6.97. The van der Waals surface area contributed by atoms with Crippen molar-refractivity contribution in [2.24, 2.45) is 11.6 Å². The standard InChI is InChI=1S/C7H17N3O2S/c1-5(8)4-13-6(3-12-2)7(11)10-9/h5-6H,3-4,8-9H2,1-2H3,(H,10,11). The van der Waals surface area contributed by atoms with Crippen molar-refractivity contribution in [3.8, 4) is 0 Å². The fraction of sp³-hybridized carbons (Fsp3) is 0.857. The lowest BCUT2D eigenvalue weighted by Crippen LogP contribution is -2.40. The van der Waals surface area contributed by atoms with E-state index in [1.165, 1.54) is 11.8 Å². The van der Waals surface area contributed by atoms with Crippen LogP contribution in [0.3, 0.4) is 0 Å². The lowest BCUT2D eigenvalue weighted by Gasteiger charge is -2.14. The van der Waals surface area contributed by atoms with Gasteiger partial charge in [0.25, 0.3) is 0 Å². The van der Waals surface area contributed by atoms with E-state index in [1.807, 2.05) is 6.92 Å². The topological polar surface area (TPSA) is 90.4 Å². The molecular formula is C7H17N3O2S. The zero-order valence-corrected chi connectivity index (χ0v) is 8.76. The second kappa shape index (κ2) is 7.14. The van der Waals surface area contributed by atoms with Gasteiger partial charge < -0.3 is 10.5 Å². The third-order valence-electron chi connectivity index (χ3n) is 1.31. The molecule has 0 spiro atoms. The molecule has 0 bridgehead atoms. The van der Waals surface area contributed by atoms with Crippen LogP contribution in [0.25, 0.3) is 0 Å². The van der Waals surface area contributed by atoms with Gasteiger partial charge in [-0.3, -0.25) is 10.2 Å². The lowest BCUT2D eigenvalue weighted by molar-refractivity contribution is -0.121. The maximum atomic E-state index is 11.1. The van der Waals surface area contributed by atoms with Gasteiger partial charge in [-0.2, -0.15) is 0 Å². The summed E-state index contributed by atoms with van der Waals surface area (Å²) >= 11 is 1.44. The summed E-state index contributed by atoms with van der Waals surface area (Å²) in [6.45, 7) is 2.23. The molecule has 1 amide bonds. The molecule has 0 heterocycles. The first kappa shape index (κ1) is 12.7. The molecule has 13 heavy (non-hydrogen) atoms. The predicted molar refractivity (Wildman–Crippen MR) is 54.1 cm³/mol. The molecule has 2 atom stereocenters. The van der Waals surface area contributed by atoms with Crippen molar-refractivity contribution in [3.63, 3.8) is 0 Å². The molecule has 0 rings (SSSR count). The first-order valence-corrected chi connectivity index (χ1v) is 5.03. The van der Waals surface area contributed by atoms with E-state index in [0.29, 0.717) is 12.4 Å². The minimum absolute atomic E-state index is 0.0648. The summed E-state index contributed by atoms with van der Waals surface area (Å²) in [6.07, 6.45) is 0. The van der Waals surface area contributed by atoms with E-state index in [2.05, 4.69) is 5.43 Å². The summed E-state index contributed by atoms with van der Waals surface area (Å²) < 4.78 is 4.88. The second-order valence-corrected chi connectivity index (χ2v) is 4.00. The highest BCUT2D eigenvalue weighted by molar-refractivity contribution is 8.00. The van der Waals surface area contributed by atoms with E-state index < -0.39 is 0 Å². The van der Waals surface area contributed by atoms with Crippen molar-refractivity contribution < 1.29 is 9.53 Å². The molecule has 0 radical (unpaired) electrons. The highest BCUT2D eigenvalue weighted by Crippen LogP contribution is 2.11. The lowest BCUT2D eigenvalue weighted by atomic mass is 10.4. The van der Waals surface area contributed by atoms with Crippen LogP contribution in [0.5, 0.6) is 0 Å². The Morgan fingerprint density at radius 2 is 2.31 bits per heavy atom. The van der Waals surface area contributed by atoms with Gasteiger partial charge in [0.1, 0.15) is 5.25 Å². The monoisotopic (exact) mass is 207 g/mol. The Morgan fingerprint density at radius 3 is 2.69 bits per heavy atom. The molecule has 0 aliphatic heterocycles. The molecule has 5 nitrogen and oxygen atoms in total. The molecule has 5 N–H and O–H groups in total. The first-order valence-electron chi connectivity index (χ1n) is 3.98. The Hall–Kier alpha value is -0.300. The minimum Gasteiger partial charge on any atom is -0.383 e.